The van der Waals surface area contributed by atoms with Crippen molar-refractivity contribution >= 4 is 32.9 Å². The largest absolute Gasteiger partial charge is 0.338 e. The zero-order chi connectivity index (χ0) is 22.0. The topological polar surface area (TPSA) is 91.3 Å². The Bertz CT molecular complexity index is 1170. The van der Waals surface area contributed by atoms with Crippen LogP contribution in [0.1, 0.15) is 25.2 Å². The van der Waals surface area contributed by atoms with Crippen LogP contribution in [0.5, 0.6) is 0 Å². The van der Waals surface area contributed by atoms with Crippen molar-refractivity contribution in [2.45, 2.75) is 27.2 Å². The molecule has 8 nitrogen and oxygen atoms in total. The highest BCUT2D eigenvalue weighted by molar-refractivity contribution is 7.90. The van der Waals surface area contributed by atoms with Gasteiger partial charge < -0.3 is 4.90 Å². The Morgan fingerprint density at radius 2 is 1.74 bits per heavy atom. The second-order valence-corrected chi connectivity index (χ2v) is 9.95. The molecule has 4 rings (SSSR count). The minimum atomic E-state index is -3.69. The van der Waals surface area contributed by atoms with Crippen molar-refractivity contribution in [2.24, 2.45) is 5.92 Å². The summed E-state index contributed by atoms with van der Waals surface area (Å²) in [5.41, 5.74) is 2.71. The summed E-state index contributed by atoms with van der Waals surface area (Å²) in [4.78, 5) is 15.7. The minimum Gasteiger partial charge on any atom is -0.338 e. The van der Waals surface area contributed by atoms with Crippen LogP contribution in [0, 0.1) is 12.8 Å². The van der Waals surface area contributed by atoms with E-state index in [1.54, 1.807) is 6.07 Å². The van der Waals surface area contributed by atoms with Gasteiger partial charge in [-0.15, -0.1) is 0 Å². The molecule has 1 aliphatic heterocycles. The average molecular weight is 441 g/mol. The highest BCUT2D eigenvalue weighted by Crippen LogP contribution is 2.19. The van der Waals surface area contributed by atoms with Gasteiger partial charge in [0, 0.05) is 43.0 Å². The monoisotopic (exact) mass is 440 g/mol. The maximum atomic E-state index is 12.9. The first-order valence-electron chi connectivity index (χ1n) is 10.5. The zero-order valence-electron chi connectivity index (χ0n) is 18.1. The summed E-state index contributed by atoms with van der Waals surface area (Å²) in [6.07, 6.45) is 0.896. The lowest BCUT2D eigenvalue weighted by molar-refractivity contribution is 0.385. The van der Waals surface area contributed by atoms with Crippen LogP contribution in [0.3, 0.4) is 0 Å². The lowest BCUT2D eigenvalue weighted by Gasteiger charge is -2.34. The van der Waals surface area contributed by atoms with Gasteiger partial charge in [0.25, 0.3) is 0 Å². The fourth-order valence-corrected chi connectivity index (χ4v) is 4.88. The predicted molar refractivity (Wildman–Crippen MR) is 123 cm³/mol. The molecule has 1 aliphatic rings. The minimum absolute atomic E-state index is 0.321. The van der Waals surface area contributed by atoms with E-state index in [4.69, 9.17) is 4.98 Å². The quantitative estimate of drug-likeness (QED) is 0.634. The van der Waals surface area contributed by atoms with E-state index in [0.717, 1.165) is 28.7 Å². The summed E-state index contributed by atoms with van der Waals surface area (Å²) < 4.78 is 29.8. The van der Waals surface area contributed by atoms with Gasteiger partial charge in [0.15, 0.2) is 0 Å². The third-order valence-electron chi connectivity index (χ3n) is 5.21. The van der Waals surface area contributed by atoms with E-state index in [1.165, 1.54) is 4.31 Å². The van der Waals surface area contributed by atoms with Gasteiger partial charge in [-0.1, -0.05) is 32.0 Å². The SMILES string of the molecule is Cc1cc(CC(C)C)nc(N2CCN(S(=O)(=O)Nc3ccc4ccccc4n3)CC2)n1. The Kier molecular flexibility index (Phi) is 6.06. The number of nitrogens with zero attached hydrogens (tertiary/aromatic N) is 5. The van der Waals surface area contributed by atoms with Crippen molar-refractivity contribution in [1.82, 2.24) is 19.3 Å². The molecule has 0 aliphatic carbocycles. The van der Waals surface area contributed by atoms with Crippen molar-refractivity contribution in [3.8, 4) is 0 Å². The summed E-state index contributed by atoms with van der Waals surface area (Å²) in [5, 5.41) is 0.967. The van der Waals surface area contributed by atoms with Crippen LogP contribution in [0.2, 0.25) is 0 Å². The van der Waals surface area contributed by atoms with E-state index >= 15 is 0 Å². The average Bonchev–Trinajstić information content (AvgIpc) is 2.72. The Morgan fingerprint density at radius 1 is 1.00 bits per heavy atom. The smallest absolute Gasteiger partial charge is 0.302 e. The van der Waals surface area contributed by atoms with Crippen LogP contribution in [0.4, 0.5) is 11.8 Å². The number of rotatable bonds is 6. The van der Waals surface area contributed by atoms with E-state index < -0.39 is 10.2 Å². The predicted octanol–water partition coefficient (Wildman–Crippen LogP) is 3.01. The Morgan fingerprint density at radius 3 is 2.48 bits per heavy atom. The van der Waals surface area contributed by atoms with Gasteiger partial charge in [0.05, 0.1) is 5.52 Å². The van der Waals surface area contributed by atoms with Gasteiger partial charge in [-0.05, 0) is 43.5 Å². The van der Waals surface area contributed by atoms with E-state index in [-0.39, 0.29) is 0 Å². The van der Waals surface area contributed by atoms with Crippen LogP contribution in [-0.2, 0) is 16.6 Å². The molecule has 1 fully saturated rings. The number of aromatic nitrogens is 3. The van der Waals surface area contributed by atoms with Gasteiger partial charge in [-0.3, -0.25) is 4.72 Å². The number of para-hydroxylation sites is 1. The van der Waals surface area contributed by atoms with Crippen LogP contribution < -0.4 is 9.62 Å². The molecule has 0 spiro atoms. The maximum Gasteiger partial charge on any atom is 0.302 e. The number of hydrogen-bond donors (Lipinski definition) is 1. The molecule has 164 valence electrons. The number of hydrogen-bond acceptors (Lipinski definition) is 6. The van der Waals surface area contributed by atoms with Gasteiger partial charge in [-0.2, -0.15) is 12.7 Å². The zero-order valence-corrected chi connectivity index (χ0v) is 18.9. The summed E-state index contributed by atoms with van der Waals surface area (Å²) in [5.74, 6) is 1.51. The molecule has 1 N–H and O–H groups in total. The number of nitrogens with one attached hydrogen (secondary N) is 1. The van der Waals surface area contributed by atoms with Crippen molar-refractivity contribution in [3.63, 3.8) is 0 Å². The van der Waals surface area contributed by atoms with Crippen LogP contribution in [0.15, 0.2) is 42.5 Å². The molecule has 0 saturated carbocycles. The fourth-order valence-electron chi connectivity index (χ4n) is 3.73. The molecule has 0 amide bonds. The molecule has 9 heteroatoms. The van der Waals surface area contributed by atoms with Crippen molar-refractivity contribution in [3.05, 3.63) is 53.9 Å². The highest BCUT2D eigenvalue weighted by Gasteiger charge is 2.28. The number of anilines is 2. The number of piperazine rings is 1. The Labute approximate surface area is 183 Å². The molecule has 1 saturated heterocycles. The number of fused-ring (bicyclic) bond motifs is 1. The molecular weight excluding hydrogens is 412 g/mol. The van der Waals surface area contributed by atoms with E-state index in [9.17, 15) is 8.42 Å². The number of pyridine rings is 1. The van der Waals surface area contributed by atoms with Crippen molar-refractivity contribution < 1.29 is 8.42 Å². The van der Waals surface area contributed by atoms with Crippen LogP contribution in [0.25, 0.3) is 10.9 Å². The Hall–Kier alpha value is -2.78. The van der Waals surface area contributed by atoms with Gasteiger partial charge >= 0.3 is 10.2 Å². The second-order valence-electron chi connectivity index (χ2n) is 8.28. The molecule has 3 aromatic rings. The molecule has 1 aromatic carbocycles. The first-order chi connectivity index (χ1) is 14.8. The normalized spacial score (nSPS) is 15.5. The summed E-state index contributed by atoms with van der Waals surface area (Å²) in [6.45, 7) is 8.10. The molecule has 2 aromatic heterocycles. The third-order valence-corrected chi connectivity index (χ3v) is 6.72. The third kappa shape index (κ3) is 5.11. The lowest BCUT2D eigenvalue weighted by atomic mass is 10.1. The molecular formula is C22H28N6O2S. The van der Waals surface area contributed by atoms with Gasteiger partial charge in [0.1, 0.15) is 5.82 Å². The first-order valence-corrected chi connectivity index (χ1v) is 12.0. The van der Waals surface area contributed by atoms with Crippen molar-refractivity contribution in [2.75, 3.05) is 35.8 Å². The van der Waals surface area contributed by atoms with Crippen LogP contribution >= 0.6 is 0 Å². The molecule has 0 atom stereocenters. The van der Waals surface area contributed by atoms with Crippen molar-refractivity contribution in [1.29, 1.82) is 0 Å². The molecule has 0 radical (unpaired) electrons. The van der Waals surface area contributed by atoms with E-state index in [0.29, 0.717) is 43.9 Å². The standard InChI is InChI=1S/C22H28N6O2S/c1-16(2)14-19-15-17(3)23-22(24-19)27-10-12-28(13-11-27)31(29,30)26-21-9-8-18-6-4-5-7-20(18)25-21/h4-9,15-16H,10-14H2,1-3H3,(H,25,26). The summed E-state index contributed by atoms with van der Waals surface area (Å²) >= 11 is 0. The molecule has 31 heavy (non-hydrogen) atoms. The fraction of sp³-hybridized carbons (Fsp3) is 0.409. The highest BCUT2D eigenvalue weighted by atomic mass is 32.2. The van der Waals surface area contributed by atoms with Gasteiger partial charge in [-0.25, -0.2) is 15.0 Å². The number of benzene rings is 1. The molecule has 0 bridgehead atoms. The summed E-state index contributed by atoms with van der Waals surface area (Å²) in [6, 6.07) is 13.2. The molecule has 0 unspecified atom stereocenters. The first kappa shape index (κ1) is 21.5. The number of aryl methyl sites for hydroxylation is 1. The maximum absolute atomic E-state index is 12.9. The van der Waals surface area contributed by atoms with Gasteiger partial charge in [0.2, 0.25) is 5.95 Å². The van der Waals surface area contributed by atoms with E-state index in [1.807, 2.05) is 43.3 Å². The lowest BCUT2D eigenvalue weighted by Crippen LogP contribution is -2.50. The second kappa shape index (κ2) is 8.76. The summed E-state index contributed by atoms with van der Waals surface area (Å²) in [7, 11) is -3.69. The molecule has 3 heterocycles. The van der Waals surface area contributed by atoms with Crippen LogP contribution in [-0.4, -0.2) is 53.9 Å². The van der Waals surface area contributed by atoms with E-state index in [2.05, 4.69) is 33.4 Å². The Balaban J connectivity index is 1.43.